The van der Waals surface area contributed by atoms with Crippen LogP contribution in [0.3, 0.4) is 0 Å². The number of nitrogens with zero attached hydrogens (tertiary/aromatic N) is 3. The first-order valence-corrected chi connectivity index (χ1v) is 8.39. The molecular weight excluding hydrogens is 407 g/mol. The van der Waals surface area contributed by atoms with E-state index in [1.165, 1.54) is 11.4 Å². The largest absolute Gasteiger partial charge is 0.408 e. The lowest BCUT2D eigenvalue weighted by Crippen LogP contribution is -2.30. The Bertz CT molecular complexity index is 1180. The number of nitrogens with one attached hydrogen (secondary N) is 2. The molecule has 7 nitrogen and oxygen atoms in total. The normalized spacial score (nSPS) is 13.7. The van der Waals surface area contributed by atoms with Crippen molar-refractivity contribution < 1.29 is 22.1 Å². The third-order valence-electron chi connectivity index (χ3n) is 3.41. The van der Waals surface area contributed by atoms with Crippen molar-refractivity contribution in [2.45, 2.75) is 12.7 Å². The molecule has 142 valence electrons. The maximum absolute atomic E-state index is 12.7. The van der Waals surface area contributed by atoms with Crippen LogP contribution >= 0.6 is 22.9 Å². The van der Waals surface area contributed by atoms with Gasteiger partial charge in [0.25, 0.3) is 11.5 Å². The van der Waals surface area contributed by atoms with E-state index in [0.29, 0.717) is 4.70 Å². The molecule has 0 unspecified atom stereocenters. The summed E-state index contributed by atoms with van der Waals surface area (Å²) in [5.41, 5.74) is -1.07. The topological polar surface area (TPSA) is 88.9 Å². The Morgan fingerprint density at radius 2 is 2.19 bits per heavy atom. The zero-order valence-electron chi connectivity index (χ0n) is 16.1. The summed E-state index contributed by atoms with van der Waals surface area (Å²) in [6.07, 6.45) is -2.49. The summed E-state index contributed by atoms with van der Waals surface area (Å²) < 4.78 is 60.1. The van der Waals surface area contributed by atoms with Crippen molar-refractivity contribution in [3.63, 3.8) is 0 Å². The monoisotopic (exact) mass is 420 g/mol. The molecule has 3 aromatic heterocycles. The number of fused-ring (bicyclic) bond motifs is 1. The number of amides is 1. The van der Waals surface area contributed by atoms with E-state index < -0.39 is 31.2 Å². The number of hydrogen-bond donors (Lipinski definition) is 2. The van der Waals surface area contributed by atoms with Crippen molar-refractivity contribution >= 4 is 50.3 Å². The molecule has 0 aromatic carbocycles. The molecule has 0 spiro atoms. The van der Waals surface area contributed by atoms with Crippen LogP contribution in [0.1, 0.15) is 14.5 Å². The van der Waals surface area contributed by atoms with Crippen LogP contribution in [-0.4, -0.2) is 33.8 Å². The minimum absolute atomic E-state index is 0.00929. The molecular formula is C15H11ClF3N5O2S. The highest BCUT2D eigenvalue weighted by molar-refractivity contribution is 7.17. The lowest BCUT2D eigenvalue weighted by Gasteiger charge is -2.11. The van der Waals surface area contributed by atoms with Crippen molar-refractivity contribution in [1.82, 2.24) is 20.1 Å². The second-order valence-electron chi connectivity index (χ2n) is 5.24. The van der Waals surface area contributed by atoms with E-state index in [4.69, 9.17) is 15.7 Å². The number of hydrogen-bond acceptors (Lipinski definition) is 6. The smallest absolute Gasteiger partial charge is 0.355 e. The molecule has 1 amide bonds. The van der Waals surface area contributed by atoms with Crippen LogP contribution in [0.4, 0.5) is 24.5 Å². The van der Waals surface area contributed by atoms with Crippen LogP contribution in [0, 0.1) is 0 Å². The molecule has 0 bridgehead atoms. The van der Waals surface area contributed by atoms with Gasteiger partial charge in [-0.25, -0.2) is 9.67 Å². The Labute approximate surface area is 163 Å². The number of carbonyl (C=O) groups excluding carboxylic acids is 1. The van der Waals surface area contributed by atoms with Crippen LogP contribution < -0.4 is 16.2 Å². The summed E-state index contributed by atoms with van der Waals surface area (Å²) in [7, 11) is 0. The fourth-order valence-corrected chi connectivity index (χ4v) is 3.30. The Morgan fingerprint density at radius 3 is 2.89 bits per heavy atom. The summed E-state index contributed by atoms with van der Waals surface area (Å²) in [6, 6.07) is 1.22. The van der Waals surface area contributed by atoms with E-state index in [2.05, 4.69) is 15.4 Å². The van der Waals surface area contributed by atoms with Crippen LogP contribution in [0.2, 0.25) is 5.15 Å². The van der Waals surface area contributed by atoms with Gasteiger partial charge >= 0.3 is 6.18 Å². The van der Waals surface area contributed by atoms with Gasteiger partial charge in [-0.05, 0) is 6.07 Å². The Morgan fingerprint density at radius 1 is 1.41 bits per heavy atom. The third-order valence-corrected chi connectivity index (χ3v) is 4.53. The number of thiophene rings is 1. The van der Waals surface area contributed by atoms with Gasteiger partial charge in [0, 0.05) is 22.7 Å². The predicted octanol–water partition coefficient (Wildman–Crippen LogP) is 3.17. The fraction of sp³-hybridized carbons (Fsp3) is 0.200. The first-order valence-electron chi connectivity index (χ1n) is 8.63. The molecule has 3 rings (SSSR count). The molecule has 0 atom stereocenters. The van der Waals surface area contributed by atoms with Gasteiger partial charge in [0.2, 0.25) is 0 Å². The van der Waals surface area contributed by atoms with Gasteiger partial charge in [0.1, 0.15) is 11.7 Å². The Balaban J connectivity index is 2.05. The van der Waals surface area contributed by atoms with Gasteiger partial charge in [0.05, 0.1) is 33.2 Å². The summed E-state index contributed by atoms with van der Waals surface area (Å²) in [5.74, 6) is -0.989. The van der Waals surface area contributed by atoms with E-state index in [-0.39, 0.29) is 32.2 Å². The van der Waals surface area contributed by atoms with Crippen LogP contribution in [0.25, 0.3) is 10.1 Å². The van der Waals surface area contributed by atoms with Gasteiger partial charge in [0.15, 0.2) is 0 Å². The second kappa shape index (κ2) is 7.16. The molecule has 0 aliphatic carbocycles. The van der Waals surface area contributed by atoms with E-state index in [1.807, 2.05) is 0 Å². The van der Waals surface area contributed by atoms with Crippen LogP contribution in [0.5, 0.6) is 0 Å². The maximum atomic E-state index is 12.7. The summed E-state index contributed by atoms with van der Waals surface area (Å²) in [5, 5.41) is 9.40. The van der Waals surface area contributed by atoms with E-state index in [1.54, 1.807) is 5.32 Å². The minimum Gasteiger partial charge on any atom is -0.355 e. The number of pyridine rings is 1. The highest BCUT2D eigenvalue weighted by Crippen LogP contribution is 2.31. The first kappa shape index (κ1) is 15.4. The van der Waals surface area contributed by atoms with E-state index in [9.17, 15) is 22.8 Å². The SMILES string of the molecule is [2H]C([2H])([2H])NC(=O)c1cnc(Cl)cc1Nc1csc2cnn(CC(F)(F)F)c(=O)c12. The second-order valence-corrected chi connectivity index (χ2v) is 6.54. The molecule has 12 heteroatoms. The highest BCUT2D eigenvalue weighted by atomic mass is 35.5. The molecule has 0 fully saturated rings. The van der Waals surface area contributed by atoms with Gasteiger partial charge in [-0.2, -0.15) is 18.3 Å². The number of alkyl halides is 3. The standard InChI is InChI=1S/C15H11ClF3N5O2S/c1-20-13(25)7-3-21-11(16)2-8(7)23-9-5-27-10-4-22-24(6-15(17,18)19)14(26)12(9)10/h2-5H,6H2,1H3,(H,20,25)(H,21,23)/i1D3. The van der Waals surface area contributed by atoms with E-state index in [0.717, 1.165) is 23.7 Å². The average molecular weight is 421 g/mol. The molecule has 2 N–H and O–H groups in total. The number of aromatic nitrogens is 3. The zero-order valence-corrected chi connectivity index (χ0v) is 14.7. The van der Waals surface area contributed by atoms with Crippen molar-refractivity contribution in [1.29, 1.82) is 0 Å². The van der Waals surface area contributed by atoms with Gasteiger partial charge in [-0.15, -0.1) is 11.3 Å². The van der Waals surface area contributed by atoms with Crippen molar-refractivity contribution in [3.05, 3.63) is 44.9 Å². The van der Waals surface area contributed by atoms with Crippen LogP contribution in [-0.2, 0) is 6.54 Å². The summed E-state index contributed by atoms with van der Waals surface area (Å²) >= 11 is 6.89. The van der Waals surface area contributed by atoms with E-state index >= 15 is 0 Å². The molecule has 0 aliphatic rings. The zero-order chi connectivity index (χ0) is 22.3. The number of anilines is 2. The lowest BCUT2D eigenvalue weighted by molar-refractivity contribution is -0.143. The number of halogens is 4. The predicted molar refractivity (Wildman–Crippen MR) is 95.9 cm³/mol. The molecule has 0 aliphatic heterocycles. The molecule has 3 heterocycles. The van der Waals surface area contributed by atoms with Gasteiger partial charge in [-0.3, -0.25) is 9.59 Å². The quantitative estimate of drug-likeness (QED) is 0.633. The number of rotatable bonds is 4. The average Bonchev–Trinajstić information content (AvgIpc) is 2.98. The minimum atomic E-state index is -4.65. The van der Waals surface area contributed by atoms with Gasteiger partial charge < -0.3 is 10.6 Å². The molecule has 3 aromatic rings. The van der Waals surface area contributed by atoms with Crippen molar-refractivity contribution in [2.24, 2.45) is 0 Å². The maximum Gasteiger partial charge on any atom is 0.408 e. The molecule has 0 saturated carbocycles. The molecule has 27 heavy (non-hydrogen) atoms. The van der Waals surface area contributed by atoms with Crippen molar-refractivity contribution in [3.8, 4) is 0 Å². The Hall–Kier alpha value is -2.66. The summed E-state index contributed by atoms with van der Waals surface area (Å²) in [4.78, 5) is 28.5. The number of carbonyl (C=O) groups is 1. The Kier molecular flexibility index (Phi) is 4.08. The molecule has 0 saturated heterocycles. The lowest BCUT2D eigenvalue weighted by atomic mass is 10.2. The fourth-order valence-electron chi connectivity index (χ4n) is 2.29. The first-order chi connectivity index (χ1) is 13.8. The third kappa shape index (κ3) is 4.03. The molecule has 0 radical (unpaired) electrons. The highest BCUT2D eigenvalue weighted by Gasteiger charge is 2.29. The van der Waals surface area contributed by atoms with Crippen LogP contribution in [0.15, 0.2) is 28.6 Å². The summed E-state index contributed by atoms with van der Waals surface area (Å²) in [6.45, 7) is -4.33. The van der Waals surface area contributed by atoms with Crippen molar-refractivity contribution in [2.75, 3.05) is 12.3 Å². The van der Waals surface area contributed by atoms with Gasteiger partial charge in [-0.1, -0.05) is 11.6 Å².